The van der Waals surface area contributed by atoms with Crippen molar-refractivity contribution >= 4 is 5.96 Å². The fourth-order valence-corrected chi connectivity index (χ4v) is 3.44. The molecule has 2 unspecified atom stereocenters. The lowest BCUT2D eigenvalue weighted by Crippen LogP contribution is -2.49. The average molecular weight is 403 g/mol. The molecule has 0 bridgehead atoms. The van der Waals surface area contributed by atoms with Crippen LogP contribution in [0.5, 0.6) is 0 Å². The number of halogens is 3. The Morgan fingerprint density at radius 2 is 2.07 bits per heavy atom. The Kier molecular flexibility index (Phi) is 6.47. The number of imidazole rings is 1. The molecular weight excluding hydrogens is 379 g/mol. The Balaban J connectivity index is 1.57. The number of guanidine groups is 1. The van der Waals surface area contributed by atoms with E-state index < -0.39 is 11.7 Å². The molecule has 2 atom stereocenters. The van der Waals surface area contributed by atoms with Crippen LogP contribution in [0.25, 0.3) is 0 Å². The van der Waals surface area contributed by atoms with Crippen LogP contribution in [0.2, 0.25) is 0 Å². The lowest BCUT2D eigenvalue weighted by molar-refractivity contribution is -0.137. The maximum Gasteiger partial charge on any atom is 0.416 e. The fourth-order valence-electron chi connectivity index (χ4n) is 3.44. The van der Waals surface area contributed by atoms with Crippen molar-refractivity contribution in [1.82, 2.24) is 19.8 Å². The number of nitrogens with one attached hydrogen (secondary N) is 1. The Hall–Kier alpha value is -2.95. The highest BCUT2D eigenvalue weighted by Gasteiger charge is 2.30. The molecule has 1 aromatic carbocycles. The minimum Gasteiger partial charge on any atom is -0.345 e. The molecule has 0 radical (unpaired) electrons. The van der Waals surface area contributed by atoms with Crippen LogP contribution >= 0.6 is 0 Å². The van der Waals surface area contributed by atoms with Crippen molar-refractivity contribution in [2.75, 3.05) is 26.7 Å². The van der Waals surface area contributed by atoms with Gasteiger partial charge < -0.3 is 14.8 Å². The third-order valence-corrected chi connectivity index (χ3v) is 5.12. The highest BCUT2D eigenvalue weighted by molar-refractivity contribution is 5.80. The predicted octanol–water partition coefficient (Wildman–Crippen LogP) is 3.41. The summed E-state index contributed by atoms with van der Waals surface area (Å²) in [5.74, 6) is 7.13. The number of piperidine rings is 1. The Bertz CT molecular complexity index is 876. The van der Waals surface area contributed by atoms with Crippen molar-refractivity contribution in [3.63, 3.8) is 0 Å². The average Bonchev–Trinajstić information content (AvgIpc) is 3.23. The number of rotatable bonds is 2. The smallest absolute Gasteiger partial charge is 0.345 e. The van der Waals surface area contributed by atoms with Gasteiger partial charge in [0, 0.05) is 38.1 Å². The largest absolute Gasteiger partial charge is 0.416 e. The van der Waals surface area contributed by atoms with Gasteiger partial charge in [0.25, 0.3) is 0 Å². The van der Waals surface area contributed by atoms with E-state index in [1.54, 1.807) is 13.2 Å². The van der Waals surface area contributed by atoms with Gasteiger partial charge in [0.2, 0.25) is 0 Å². The monoisotopic (exact) mass is 403 g/mol. The SMILES string of the molecule is CN=C(NCC#Cc1ccc(C(F)(F)F)cc1)N1CCC(C)C(n2ccnc2)C1. The second-order valence-electron chi connectivity index (χ2n) is 7.07. The Labute approximate surface area is 168 Å². The van der Waals surface area contributed by atoms with Crippen LogP contribution in [0.1, 0.15) is 30.5 Å². The van der Waals surface area contributed by atoms with Crippen LogP contribution < -0.4 is 5.32 Å². The number of aliphatic imine (C=N–C) groups is 1. The molecule has 0 amide bonds. The molecule has 0 saturated carbocycles. The van der Waals surface area contributed by atoms with E-state index in [9.17, 15) is 13.2 Å². The first kappa shape index (κ1) is 20.8. The van der Waals surface area contributed by atoms with Crippen LogP contribution in [-0.4, -0.2) is 47.1 Å². The first-order valence-electron chi connectivity index (χ1n) is 9.47. The summed E-state index contributed by atoms with van der Waals surface area (Å²) in [5, 5.41) is 3.22. The highest BCUT2D eigenvalue weighted by atomic mass is 19.4. The molecule has 1 N–H and O–H groups in total. The van der Waals surface area contributed by atoms with Gasteiger partial charge in [0.05, 0.1) is 24.5 Å². The van der Waals surface area contributed by atoms with Crippen LogP contribution in [0.3, 0.4) is 0 Å². The predicted molar refractivity (Wildman–Crippen MR) is 106 cm³/mol. The van der Waals surface area contributed by atoms with E-state index in [1.165, 1.54) is 12.1 Å². The normalized spacial score (nSPS) is 20.2. The molecule has 0 spiro atoms. The van der Waals surface area contributed by atoms with Crippen LogP contribution in [-0.2, 0) is 6.18 Å². The van der Waals surface area contributed by atoms with E-state index in [0.717, 1.165) is 37.6 Å². The third-order valence-electron chi connectivity index (χ3n) is 5.12. The maximum absolute atomic E-state index is 12.6. The zero-order valence-electron chi connectivity index (χ0n) is 16.4. The number of alkyl halides is 3. The molecule has 0 aliphatic carbocycles. The molecule has 1 aliphatic heterocycles. The van der Waals surface area contributed by atoms with Crippen LogP contribution in [0.15, 0.2) is 48.0 Å². The summed E-state index contributed by atoms with van der Waals surface area (Å²) < 4.78 is 39.9. The summed E-state index contributed by atoms with van der Waals surface area (Å²) in [6.07, 6.45) is 2.32. The van der Waals surface area contributed by atoms with E-state index >= 15 is 0 Å². The van der Waals surface area contributed by atoms with E-state index in [2.05, 4.69) is 43.5 Å². The molecule has 1 saturated heterocycles. The minimum absolute atomic E-state index is 0.322. The summed E-state index contributed by atoms with van der Waals surface area (Å²) in [4.78, 5) is 10.7. The molecule has 3 rings (SSSR count). The van der Waals surface area contributed by atoms with E-state index in [-0.39, 0.29) is 0 Å². The second kappa shape index (κ2) is 9.03. The lowest BCUT2D eigenvalue weighted by Gasteiger charge is -2.39. The van der Waals surface area contributed by atoms with Gasteiger partial charge in [0.15, 0.2) is 5.96 Å². The maximum atomic E-state index is 12.6. The Morgan fingerprint density at radius 3 is 2.69 bits per heavy atom. The van der Waals surface area contributed by atoms with Gasteiger partial charge in [-0.25, -0.2) is 4.98 Å². The van der Waals surface area contributed by atoms with Gasteiger partial charge >= 0.3 is 6.18 Å². The van der Waals surface area contributed by atoms with Gasteiger partial charge in [0.1, 0.15) is 0 Å². The van der Waals surface area contributed by atoms with Gasteiger partial charge in [-0.15, -0.1) is 0 Å². The molecule has 29 heavy (non-hydrogen) atoms. The zero-order valence-corrected chi connectivity index (χ0v) is 16.4. The summed E-state index contributed by atoms with van der Waals surface area (Å²) in [7, 11) is 1.73. The summed E-state index contributed by atoms with van der Waals surface area (Å²) in [5.41, 5.74) is -0.130. The number of hydrogen-bond donors (Lipinski definition) is 1. The van der Waals surface area contributed by atoms with Gasteiger partial charge in [-0.2, -0.15) is 13.2 Å². The van der Waals surface area contributed by atoms with Crippen molar-refractivity contribution in [3.05, 3.63) is 54.1 Å². The molecule has 5 nitrogen and oxygen atoms in total. The number of likely N-dealkylation sites (tertiary alicyclic amines) is 1. The van der Waals surface area contributed by atoms with E-state index in [4.69, 9.17) is 0 Å². The first-order chi connectivity index (χ1) is 13.9. The van der Waals surface area contributed by atoms with Gasteiger partial charge in [-0.3, -0.25) is 4.99 Å². The van der Waals surface area contributed by atoms with Gasteiger partial charge in [-0.05, 0) is 36.6 Å². The number of aromatic nitrogens is 2. The summed E-state index contributed by atoms with van der Waals surface area (Å²) >= 11 is 0. The standard InChI is InChI=1S/C21H24F3N5/c1-16-9-12-28(14-19(16)29-13-11-26-15-29)20(25-2)27-10-3-4-17-5-7-18(8-6-17)21(22,23)24/h5-8,11,13,15-16,19H,9-10,12,14H2,1-2H3,(H,25,27). The van der Waals surface area contributed by atoms with Crippen molar-refractivity contribution in [3.8, 4) is 11.8 Å². The number of benzene rings is 1. The molecule has 8 heteroatoms. The second-order valence-corrected chi connectivity index (χ2v) is 7.07. The quantitative estimate of drug-likeness (QED) is 0.475. The molecule has 2 heterocycles. The number of nitrogens with zero attached hydrogens (tertiary/aromatic N) is 4. The molecule has 1 aromatic heterocycles. The van der Waals surface area contributed by atoms with Crippen molar-refractivity contribution in [1.29, 1.82) is 0 Å². The fraction of sp³-hybridized carbons (Fsp3) is 0.429. The lowest BCUT2D eigenvalue weighted by atomic mass is 9.93. The highest BCUT2D eigenvalue weighted by Crippen LogP contribution is 2.29. The van der Waals surface area contributed by atoms with Crippen molar-refractivity contribution in [2.24, 2.45) is 10.9 Å². The Morgan fingerprint density at radius 1 is 1.31 bits per heavy atom. The summed E-state index contributed by atoms with van der Waals surface area (Å²) in [6.45, 7) is 4.32. The van der Waals surface area contributed by atoms with Gasteiger partial charge in [-0.1, -0.05) is 18.8 Å². The van der Waals surface area contributed by atoms with Crippen LogP contribution in [0, 0.1) is 17.8 Å². The summed E-state index contributed by atoms with van der Waals surface area (Å²) in [6, 6.07) is 5.17. The topological polar surface area (TPSA) is 45.5 Å². The molecule has 2 aromatic rings. The molecule has 1 fully saturated rings. The van der Waals surface area contributed by atoms with Crippen LogP contribution in [0.4, 0.5) is 13.2 Å². The van der Waals surface area contributed by atoms with E-state index in [0.29, 0.717) is 24.1 Å². The van der Waals surface area contributed by atoms with Crippen molar-refractivity contribution in [2.45, 2.75) is 25.6 Å². The van der Waals surface area contributed by atoms with Crippen molar-refractivity contribution < 1.29 is 13.2 Å². The first-order valence-corrected chi connectivity index (χ1v) is 9.47. The number of hydrogen-bond acceptors (Lipinski definition) is 2. The van der Waals surface area contributed by atoms with E-state index in [1.807, 2.05) is 12.5 Å². The molecular formula is C21H24F3N5. The third kappa shape index (κ3) is 5.31. The zero-order chi connectivity index (χ0) is 20.9. The molecule has 1 aliphatic rings. The molecule has 154 valence electrons. The minimum atomic E-state index is -4.33.